The van der Waals surface area contributed by atoms with E-state index >= 15 is 0 Å². The first kappa shape index (κ1) is 38.0. The number of hydrogen-bond donors (Lipinski definition) is 1. The summed E-state index contributed by atoms with van der Waals surface area (Å²) >= 11 is 0. The molecular formula is C56H47N3O2. The lowest BCUT2D eigenvalue weighted by atomic mass is 9.79. The molecule has 1 N–H and O–H groups in total. The molecule has 0 spiro atoms. The van der Waals surface area contributed by atoms with Gasteiger partial charge in [-0.25, -0.2) is 4.98 Å². The second-order valence-electron chi connectivity index (χ2n) is 18.0. The lowest BCUT2D eigenvalue weighted by Crippen LogP contribution is -2.17. The third-order valence-corrected chi connectivity index (χ3v) is 11.9. The summed E-state index contributed by atoms with van der Waals surface area (Å²) in [6.45, 7) is 13.1. The van der Waals surface area contributed by atoms with E-state index in [4.69, 9.17) is 14.4 Å². The molecule has 10 aromatic rings. The number of rotatable bonds is 6. The highest BCUT2D eigenvalue weighted by atomic mass is 16.3. The molecule has 0 unspecified atom stereocenters. The van der Waals surface area contributed by atoms with Crippen LogP contribution in [0.5, 0.6) is 5.75 Å². The van der Waals surface area contributed by atoms with E-state index in [2.05, 4.69) is 174 Å². The van der Waals surface area contributed by atoms with Crippen molar-refractivity contribution in [3.8, 4) is 67.5 Å². The van der Waals surface area contributed by atoms with E-state index in [0.29, 0.717) is 11.4 Å². The molecule has 5 heteroatoms. The van der Waals surface area contributed by atoms with Crippen molar-refractivity contribution in [1.29, 1.82) is 0 Å². The van der Waals surface area contributed by atoms with Gasteiger partial charge in [0.25, 0.3) is 0 Å². The van der Waals surface area contributed by atoms with Gasteiger partial charge in [-0.2, -0.15) is 0 Å². The molecule has 0 saturated carbocycles. The van der Waals surface area contributed by atoms with E-state index in [1.54, 1.807) is 0 Å². The standard InChI is InChI=1S/C56H47N3O2/c1-55(2,3)39-33-44(53(60)45(34-39)56(4,5)6)54-58-52-40(43-31-38(46-24-15-16-29-57-46)32-50-51(43)41-22-13-14-26-49(41)61-50)23-17-25-48(52)59(54)47-28-27-37(35-18-9-7-10-19-35)30-42(47)36-20-11-8-12-21-36/h7-34,60H,1-6H3. The fourth-order valence-electron chi connectivity index (χ4n) is 8.69. The Labute approximate surface area is 356 Å². The van der Waals surface area contributed by atoms with E-state index in [1.807, 2.05) is 42.6 Å². The van der Waals surface area contributed by atoms with Gasteiger partial charge in [-0.05, 0) is 93.2 Å². The number of imidazole rings is 1. The molecule has 5 nitrogen and oxygen atoms in total. The summed E-state index contributed by atoms with van der Waals surface area (Å²) in [5, 5.41) is 14.6. The van der Waals surface area contributed by atoms with Gasteiger partial charge in [-0.15, -0.1) is 0 Å². The Balaban J connectivity index is 1.35. The number of furan rings is 1. The molecular weight excluding hydrogens is 747 g/mol. The van der Waals surface area contributed by atoms with Crippen LogP contribution in [0.2, 0.25) is 0 Å². The van der Waals surface area contributed by atoms with Crippen LogP contribution in [0.25, 0.3) is 94.7 Å². The summed E-state index contributed by atoms with van der Waals surface area (Å²) in [7, 11) is 0. The Morgan fingerprint density at radius 1 is 0.525 bits per heavy atom. The molecule has 7 aromatic carbocycles. The number of para-hydroxylation sites is 2. The first-order valence-corrected chi connectivity index (χ1v) is 21.0. The molecule has 3 aromatic heterocycles. The van der Waals surface area contributed by atoms with Crippen molar-refractivity contribution in [2.45, 2.75) is 52.4 Å². The second-order valence-corrected chi connectivity index (χ2v) is 18.0. The molecule has 0 aliphatic rings. The van der Waals surface area contributed by atoms with Gasteiger partial charge in [0.1, 0.15) is 22.7 Å². The number of phenolic OH excluding ortho intramolecular Hbond substituents is 1. The van der Waals surface area contributed by atoms with Crippen molar-refractivity contribution in [3.63, 3.8) is 0 Å². The first-order chi connectivity index (χ1) is 29.4. The minimum atomic E-state index is -0.339. The summed E-state index contributed by atoms with van der Waals surface area (Å²) in [6.07, 6.45) is 1.82. The minimum absolute atomic E-state index is 0.198. The van der Waals surface area contributed by atoms with Gasteiger partial charge in [-0.3, -0.25) is 9.55 Å². The lowest BCUT2D eigenvalue weighted by Gasteiger charge is -2.27. The number of fused-ring (bicyclic) bond motifs is 4. The maximum absolute atomic E-state index is 12.6. The minimum Gasteiger partial charge on any atom is -0.507 e. The van der Waals surface area contributed by atoms with E-state index < -0.39 is 0 Å². The smallest absolute Gasteiger partial charge is 0.149 e. The highest BCUT2D eigenvalue weighted by molar-refractivity contribution is 6.16. The average Bonchev–Trinajstić information content (AvgIpc) is 3.85. The van der Waals surface area contributed by atoms with Gasteiger partial charge in [0, 0.05) is 39.2 Å². The van der Waals surface area contributed by atoms with Crippen molar-refractivity contribution < 1.29 is 9.52 Å². The predicted octanol–water partition coefficient (Wildman–Crippen LogP) is 15.0. The molecule has 0 saturated heterocycles. The summed E-state index contributed by atoms with van der Waals surface area (Å²) in [5.41, 5.74) is 14.6. The zero-order chi connectivity index (χ0) is 42.0. The number of hydrogen-bond acceptors (Lipinski definition) is 4. The van der Waals surface area contributed by atoms with E-state index in [0.717, 1.165) is 94.4 Å². The third kappa shape index (κ3) is 6.67. The second kappa shape index (κ2) is 14.5. The summed E-state index contributed by atoms with van der Waals surface area (Å²) in [5.74, 6) is 0.900. The van der Waals surface area contributed by atoms with Crippen molar-refractivity contribution in [3.05, 3.63) is 181 Å². The lowest BCUT2D eigenvalue weighted by molar-refractivity contribution is 0.446. The Hall–Kier alpha value is -7.24. The van der Waals surface area contributed by atoms with Crippen LogP contribution in [-0.4, -0.2) is 19.6 Å². The van der Waals surface area contributed by atoms with Crippen molar-refractivity contribution in [2.24, 2.45) is 0 Å². The molecule has 0 aliphatic heterocycles. The van der Waals surface area contributed by atoms with Gasteiger partial charge in [0.05, 0.1) is 28.0 Å². The Kier molecular flexibility index (Phi) is 9.03. The summed E-state index contributed by atoms with van der Waals surface area (Å²) in [6, 6.07) is 57.0. The number of aromatic hydroxyl groups is 1. The predicted molar refractivity (Wildman–Crippen MR) is 252 cm³/mol. The SMILES string of the molecule is CC(C)(C)c1cc(-c2nc3c(-c4cc(-c5ccccn5)cc5oc6ccccc6c45)cccc3n2-c2ccc(-c3ccccc3)cc2-c2ccccc2)c(O)c(C(C)(C)C)c1. The van der Waals surface area contributed by atoms with Crippen LogP contribution in [0.1, 0.15) is 52.7 Å². The quantitative estimate of drug-likeness (QED) is 0.182. The number of nitrogens with zero attached hydrogens (tertiary/aromatic N) is 3. The number of pyridine rings is 1. The molecule has 0 fully saturated rings. The van der Waals surface area contributed by atoms with E-state index in [9.17, 15) is 5.11 Å². The van der Waals surface area contributed by atoms with Gasteiger partial charge in [-0.1, -0.05) is 151 Å². The van der Waals surface area contributed by atoms with Crippen LogP contribution in [0.3, 0.4) is 0 Å². The third-order valence-electron chi connectivity index (χ3n) is 11.9. The number of benzene rings is 7. The van der Waals surface area contributed by atoms with Crippen LogP contribution >= 0.6 is 0 Å². The maximum atomic E-state index is 12.6. The molecule has 0 amide bonds. The topological polar surface area (TPSA) is 64.1 Å². The normalized spacial score (nSPS) is 12.2. The molecule has 0 bridgehead atoms. The molecule has 0 aliphatic carbocycles. The monoisotopic (exact) mass is 793 g/mol. The van der Waals surface area contributed by atoms with Gasteiger partial charge >= 0.3 is 0 Å². The average molecular weight is 794 g/mol. The molecule has 298 valence electrons. The molecule has 10 rings (SSSR count). The Morgan fingerprint density at radius 2 is 1.23 bits per heavy atom. The highest BCUT2D eigenvalue weighted by Crippen LogP contribution is 2.47. The largest absolute Gasteiger partial charge is 0.507 e. The van der Waals surface area contributed by atoms with Crippen LogP contribution in [0.4, 0.5) is 0 Å². The van der Waals surface area contributed by atoms with E-state index in [-0.39, 0.29) is 16.6 Å². The highest BCUT2D eigenvalue weighted by Gasteiger charge is 2.30. The van der Waals surface area contributed by atoms with Crippen LogP contribution in [0.15, 0.2) is 174 Å². The molecule has 61 heavy (non-hydrogen) atoms. The zero-order valence-corrected chi connectivity index (χ0v) is 35.4. The Bertz CT molecular complexity index is 3260. The van der Waals surface area contributed by atoms with Gasteiger partial charge < -0.3 is 9.52 Å². The summed E-state index contributed by atoms with van der Waals surface area (Å²) < 4.78 is 8.85. The fraction of sp³-hybridized carbons (Fsp3) is 0.143. The molecule has 0 atom stereocenters. The number of aromatic nitrogens is 3. The Morgan fingerprint density at radius 3 is 1.95 bits per heavy atom. The van der Waals surface area contributed by atoms with Crippen molar-refractivity contribution >= 4 is 33.0 Å². The van der Waals surface area contributed by atoms with Gasteiger partial charge in [0.15, 0.2) is 0 Å². The maximum Gasteiger partial charge on any atom is 0.149 e. The molecule has 0 radical (unpaired) electrons. The van der Waals surface area contributed by atoms with Crippen LogP contribution < -0.4 is 0 Å². The van der Waals surface area contributed by atoms with Crippen LogP contribution in [-0.2, 0) is 10.8 Å². The zero-order valence-electron chi connectivity index (χ0n) is 35.4. The fourth-order valence-corrected chi connectivity index (χ4v) is 8.69. The van der Waals surface area contributed by atoms with E-state index in [1.165, 1.54) is 0 Å². The number of phenols is 1. The van der Waals surface area contributed by atoms with Gasteiger partial charge in [0.2, 0.25) is 0 Å². The first-order valence-electron chi connectivity index (χ1n) is 21.0. The van der Waals surface area contributed by atoms with Crippen LogP contribution in [0, 0.1) is 0 Å². The van der Waals surface area contributed by atoms with Crippen molar-refractivity contribution in [2.75, 3.05) is 0 Å². The molecule has 3 heterocycles. The van der Waals surface area contributed by atoms with Crippen molar-refractivity contribution in [1.82, 2.24) is 14.5 Å². The summed E-state index contributed by atoms with van der Waals surface area (Å²) in [4.78, 5) is 10.4.